The number of hydrogen-bond acceptors (Lipinski definition) is 8. The third-order valence-electron chi connectivity index (χ3n) is 4.28. The van der Waals surface area contributed by atoms with E-state index in [1.807, 2.05) is 35.1 Å². The van der Waals surface area contributed by atoms with Gasteiger partial charge in [-0.3, -0.25) is 9.27 Å². The molecule has 4 aromatic rings. The van der Waals surface area contributed by atoms with E-state index >= 15 is 0 Å². The van der Waals surface area contributed by atoms with Gasteiger partial charge in [-0.05, 0) is 6.07 Å². The van der Waals surface area contributed by atoms with Gasteiger partial charge in [-0.25, -0.2) is 9.67 Å². The fraction of sp³-hybridized carbons (Fsp3) is 0.111. The highest BCUT2D eigenvalue weighted by Crippen LogP contribution is 2.28. The van der Waals surface area contributed by atoms with Crippen molar-refractivity contribution in [3.05, 3.63) is 54.1 Å². The number of rotatable bonds is 6. The predicted octanol–water partition coefficient (Wildman–Crippen LogP) is 1.74. The van der Waals surface area contributed by atoms with Crippen LogP contribution in [0.4, 0.5) is 11.6 Å². The molecule has 0 saturated heterocycles. The minimum Gasteiger partial charge on any atom is -0.496 e. The maximum Gasteiger partial charge on any atom is 0.357 e. The Morgan fingerprint density at radius 2 is 1.93 bits per heavy atom. The standard InChI is InChI=1S/C18H17N7O4S/c1-29-14-9-13(23-30(26,27)28)8-7-12(14)10-25-17-16(22-24-25)15(20-18(19)21-17)11-5-3-2-4-6-11/h2-9,23H,10H2,1H3,(H2,19,20,21)(H,26,27,28). The van der Waals surface area contributed by atoms with Gasteiger partial charge in [-0.15, -0.1) is 5.10 Å². The third-order valence-corrected chi connectivity index (χ3v) is 4.77. The highest BCUT2D eigenvalue weighted by molar-refractivity contribution is 7.87. The van der Waals surface area contributed by atoms with Crippen LogP contribution in [0, 0.1) is 0 Å². The number of nitrogen functional groups attached to an aromatic ring is 1. The number of fused-ring (bicyclic) bond motifs is 1. The van der Waals surface area contributed by atoms with Crippen LogP contribution in [-0.2, 0) is 16.8 Å². The Hall–Kier alpha value is -3.77. The molecule has 30 heavy (non-hydrogen) atoms. The third kappa shape index (κ3) is 3.99. The minimum absolute atomic E-state index is 0.0876. The monoisotopic (exact) mass is 427 g/mol. The molecule has 2 aromatic carbocycles. The largest absolute Gasteiger partial charge is 0.496 e. The van der Waals surface area contributed by atoms with Crippen molar-refractivity contribution in [3.63, 3.8) is 0 Å². The van der Waals surface area contributed by atoms with Crippen LogP contribution >= 0.6 is 0 Å². The molecular weight excluding hydrogens is 410 g/mol. The maximum atomic E-state index is 11.0. The van der Waals surface area contributed by atoms with Gasteiger partial charge < -0.3 is 10.5 Å². The van der Waals surface area contributed by atoms with Crippen molar-refractivity contribution in [2.45, 2.75) is 6.54 Å². The molecule has 2 heterocycles. The van der Waals surface area contributed by atoms with Crippen LogP contribution in [0.3, 0.4) is 0 Å². The topological polar surface area (TPSA) is 158 Å². The molecule has 0 fully saturated rings. The van der Waals surface area contributed by atoms with Crippen molar-refractivity contribution in [1.82, 2.24) is 25.0 Å². The van der Waals surface area contributed by atoms with Crippen molar-refractivity contribution in [2.24, 2.45) is 0 Å². The van der Waals surface area contributed by atoms with Crippen molar-refractivity contribution < 1.29 is 17.7 Å². The summed E-state index contributed by atoms with van der Waals surface area (Å²) in [6.45, 7) is 0.233. The number of methoxy groups -OCH3 is 1. The van der Waals surface area contributed by atoms with E-state index in [-0.39, 0.29) is 18.2 Å². The summed E-state index contributed by atoms with van der Waals surface area (Å²) in [5.74, 6) is 0.474. The lowest BCUT2D eigenvalue weighted by Crippen LogP contribution is -2.11. The van der Waals surface area contributed by atoms with Crippen molar-refractivity contribution in [2.75, 3.05) is 17.6 Å². The summed E-state index contributed by atoms with van der Waals surface area (Å²) in [6.07, 6.45) is 0. The van der Waals surface area contributed by atoms with E-state index in [2.05, 4.69) is 20.3 Å². The highest BCUT2D eigenvalue weighted by Gasteiger charge is 2.17. The number of nitrogens with two attached hydrogens (primary N) is 1. The zero-order chi connectivity index (χ0) is 21.3. The lowest BCUT2D eigenvalue weighted by atomic mass is 10.1. The Morgan fingerprint density at radius 3 is 2.63 bits per heavy atom. The summed E-state index contributed by atoms with van der Waals surface area (Å²) < 4.78 is 39.9. The molecule has 154 valence electrons. The fourth-order valence-corrected chi connectivity index (χ4v) is 3.45. The first kappa shape index (κ1) is 19.5. The zero-order valence-corrected chi connectivity index (χ0v) is 16.5. The Kier molecular flexibility index (Phi) is 4.93. The average molecular weight is 427 g/mol. The lowest BCUT2D eigenvalue weighted by molar-refractivity contribution is 0.407. The first-order valence-electron chi connectivity index (χ1n) is 8.68. The van der Waals surface area contributed by atoms with E-state index in [1.165, 1.54) is 19.2 Å². The Morgan fingerprint density at radius 1 is 1.17 bits per heavy atom. The van der Waals surface area contributed by atoms with Crippen LogP contribution in [0.15, 0.2) is 48.5 Å². The fourth-order valence-electron chi connectivity index (χ4n) is 3.03. The van der Waals surface area contributed by atoms with Gasteiger partial charge in [0.25, 0.3) is 0 Å². The Balaban J connectivity index is 1.74. The molecule has 0 spiro atoms. The molecule has 0 aliphatic rings. The summed E-state index contributed by atoms with van der Waals surface area (Å²) in [5.41, 5.74) is 9.10. The molecule has 12 heteroatoms. The number of benzene rings is 2. The predicted molar refractivity (Wildman–Crippen MR) is 110 cm³/mol. The summed E-state index contributed by atoms with van der Waals surface area (Å²) in [7, 11) is -2.95. The van der Waals surface area contributed by atoms with Crippen molar-refractivity contribution in [3.8, 4) is 17.0 Å². The average Bonchev–Trinajstić information content (AvgIpc) is 3.10. The molecule has 0 aliphatic carbocycles. The SMILES string of the molecule is COc1cc(NS(=O)(=O)O)ccc1Cn1nnc2c(-c3ccccc3)nc(N)nc21. The van der Waals surface area contributed by atoms with Gasteiger partial charge >= 0.3 is 10.3 Å². The first-order chi connectivity index (χ1) is 14.3. The van der Waals surface area contributed by atoms with Gasteiger partial charge in [0.2, 0.25) is 5.95 Å². The maximum absolute atomic E-state index is 11.0. The van der Waals surface area contributed by atoms with E-state index in [0.717, 1.165) is 5.56 Å². The van der Waals surface area contributed by atoms with Crippen LogP contribution in [0.1, 0.15) is 5.56 Å². The molecule has 0 bridgehead atoms. The van der Waals surface area contributed by atoms with Crippen LogP contribution in [0.2, 0.25) is 0 Å². The molecule has 4 rings (SSSR count). The Labute approximate surface area is 171 Å². The number of nitrogens with one attached hydrogen (secondary N) is 1. The molecule has 11 nitrogen and oxygen atoms in total. The van der Waals surface area contributed by atoms with Gasteiger partial charge in [-0.1, -0.05) is 41.6 Å². The second-order valence-corrected chi connectivity index (χ2v) is 7.47. The molecule has 0 unspecified atom stereocenters. The number of nitrogens with zero attached hydrogens (tertiary/aromatic N) is 5. The van der Waals surface area contributed by atoms with Gasteiger partial charge in [-0.2, -0.15) is 13.4 Å². The van der Waals surface area contributed by atoms with Crippen LogP contribution in [-0.4, -0.2) is 45.0 Å². The van der Waals surface area contributed by atoms with E-state index in [4.69, 9.17) is 15.0 Å². The number of ether oxygens (including phenoxy) is 1. The smallest absolute Gasteiger partial charge is 0.357 e. The number of aromatic nitrogens is 5. The van der Waals surface area contributed by atoms with E-state index < -0.39 is 10.3 Å². The quantitative estimate of drug-likeness (QED) is 0.390. The van der Waals surface area contributed by atoms with E-state index in [9.17, 15) is 8.42 Å². The second-order valence-electron chi connectivity index (χ2n) is 6.32. The molecular formula is C18H17N7O4S. The summed E-state index contributed by atoms with van der Waals surface area (Å²) in [6, 6.07) is 14.0. The molecule has 0 atom stereocenters. The Bertz CT molecular complexity index is 1320. The molecule has 0 radical (unpaired) electrons. The summed E-state index contributed by atoms with van der Waals surface area (Å²) in [5, 5.41) is 8.40. The zero-order valence-electron chi connectivity index (χ0n) is 15.7. The second kappa shape index (κ2) is 7.57. The van der Waals surface area contributed by atoms with Crippen molar-refractivity contribution >= 4 is 33.1 Å². The van der Waals surface area contributed by atoms with Crippen LogP contribution in [0.25, 0.3) is 22.4 Å². The first-order valence-corrected chi connectivity index (χ1v) is 10.1. The molecule has 0 aliphatic heterocycles. The van der Waals surface area contributed by atoms with Crippen molar-refractivity contribution in [1.29, 1.82) is 0 Å². The van der Waals surface area contributed by atoms with Crippen LogP contribution < -0.4 is 15.2 Å². The minimum atomic E-state index is -4.39. The van der Waals surface area contributed by atoms with Gasteiger partial charge in [0.05, 0.1) is 19.3 Å². The molecule has 0 amide bonds. The van der Waals surface area contributed by atoms with Gasteiger partial charge in [0, 0.05) is 17.2 Å². The number of hydrogen-bond donors (Lipinski definition) is 3. The molecule has 0 saturated carbocycles. The van der Waals surface area contributed by atoms with E-state index in [0.29, 0.717) is 28.2 Å². The van der Waals surface area contributed by atoms with Crippen LogP contribution in [0.5, 0.6) is 5.75 Å². The molecule has 2 aromatic heterocycles. The normalized spacial score (nSPS) is 11.5. The van der Waals surface area contributed by atoms with E-state index in [1.54, 1.807) is 10.7 Å². The lowest BCUT2D eigenvalue weighted by Gasteiger charge is -2.11. The molecule has 4 N–H and O–H groups in total. The summed E-state index contributed by atoms with van der Waals surface area (Å²) >= 11 is 0. The number of anilines is 2. The summed E-state index contributed by atoms with van der Waals surface area (Å²) in [4.78, 5) is 8.59. The highest BCUT2D eigenvalue weighted by atomic mass is 32.2. The van der Waals surface area contributed by atoms with Gasteiger partial charge in [0.15, 0.2) is 11.2 Å². The van der Waals surface area contributed by atoms with Gasteiger partial charge in [0.1, 0.15) is 11.4 Å².